The molecule has 3 amide bonds. The molecule has 2 saturated heterocycles. The van der Waals surface area contributed by atoms with Crippen molar-refractivity contribution in [2.75, 3.05) is 32.7 Å². The zero-order valence-corrected chi connectivity index (χ0v) is 19.0. The second kappa shape index (κ2) is 9.98. The molecule has 2 fully saturated rings. The zero-order chi connectivity index (χ0) is 23.4. The standard InChI is InChI=1S/C26H30N4O3/c1-3-11-29-12-13-30(25(32)22-16-24(31)28(4-2)18-22)23(26(29)33)15-19-7-5-8-20(14-19)21-9-6-10-27-17-21/h3,5-10,14,17,22-23H,1,4,11-13,15-16,18H2,2H3/t22-,23-/m0/s1. The number of rotatable bonds is 7. The lowest BCUT2D eigenvalue weighted by molar-refractivity contribution is -0.153. The maximum Gasteiger partial charge on any atom is 0.246 e. The smallest absolute Gasteiger partial charge is 0.246 e. The molecule has 0 bridgehead atoms. The van der Waals surface area contributed by atoms with E-state index in [0.717, 1.165) is 16.7 Å². The first kappa shape index (κ1) is 22.7. The van der Waals surface area contributed by atoms with Gasteiger partial charge in [0.25, 0.3) is 0 Å². The molecule has 2 aromatic rings. The Kier molecular flexibility index (Phi) is 6.87. The summed E-state index contributed by atoms with van der Waals surface area (Å²) in [5.41, 5.74) is 3.00. The summed E-state index contributed by atoms with van der Waals surface area (Å²) in [4.78, 5) is 48.4. The molecule has 1 aromatic carbocycles. The number of aromatic nitrogens is 1. The Morgan fingerprint density at radius 2 is 1.97 bits per heavy atom. The largest absolute Gasteiger partial charge is 0.342 e. The van der Waals surface area contributed by atoms with Crippen LogP contribution in [0.1, 0.15) is 18.9 Å². The zero-order valence-electron chi connectivity index (χ0n) is 19.0. The first-order chi connectivity index (χ1) is 16.0. The average molecular weight is 447 g/mol. The highest BCUT2D eigenvalue weighted by atomic mass is 16.2. The van der Waals surface area contributed by atoms with E-state index in [4.69, 9.17) is 0 Å². The molecule has 4 rings (SSSR count). The molecule has 2 aliphatic rings. The van der Waals surface area contributed by atoms with Crippen molar-refractivity contribution in [1.82, 2.24) is 19.7 Å². The van der Waals surface area contributed by atoms with Gasteiger partial charge >= 0.3 is 0 Å². The van der Waals surface area contributed by atoms with Crippen molar-refractivity contribution in [3.05, 3.63) is 67.0 Å². The van der Waals surface area contributed by atoms with E-state index in [1.54, 1.807) is 27.0 Å². The summed E-state index contributed by atoms with van der Waals surface area (Å²) < 4.78 is 0. The normalized spacial score (nSPS) is 20.9. The van der Waals surface area contributed by atoms with Crippen molar-refractivity contribution in [3.8, 4) is 11.1 Å². The number of likely N-dealkylation sites (tertiary alicyclic amines) is 1. The topological polar surface area (TPSA) is 73.8 Å². The van der Waals surface area contributed by atoms with Crippen LogP contribution in [0.2, 0.25) is 0 Å². The fourth-order valence-corrected chi connectivity index (χ4v) is 4.75. The van der Waals surface area contributed by atoms with Crippen molar-refractivity contribution in [2.45, 2.75) is 25.8 Å². The van der Waals surface area contributed by atoms with Crippen molar-refractivity contribution in [1.29, 1.82) is 0 Å². The van der Waals surface area contributed by atoms with Crippen LogP contribution in [0, 0.1) is 5.92 Å². The van der Waals surface area contributed by atoms with E-state index in [0.29, 0.717) is 39.1 Å². The Bertz CT molecular complexity index is 1040. The van der Waals surface area contributed by atoms with Crippen molar-refractivity contribution in [2.24, 2.45) is 5.92 Å². The second-order valence-corrected chi connectivity index (χ2v) is 8.60. The minimum absolute atomic E-state index is 0.00758. The third kappa shape index (κ3) is 4.82. The van der Waals surface area contributed by atoms with Crippen LogP contribution in [-0.4, -0.2) is 76.2 Å². The van der Waals surface area contributed by atoms with E-state index in [1.165, 1.54) is 0 Å². The summed E-state index contributed by atoms with van der Waals surface area (Å²) in [5, 5.41) is 0. The molecule has 0 unspecified atom stereocenters. The summed E-state index contributed by atoms with van der Waals surface area (Å²) in [6.07, 6.45) is 5.90. The lowest BCUT2D eigenvalue weighted by Crippen LogP contribution is -2.60. The van der Waals surface area contributed by atoms with Crippen LogP contribution < -0.4 is 0 Å². The number of carbonyl (C=O) groups excluding carboxylic acids is 3. The van der Waals surface area contributed by atoms with Crippen LogP contribution >= 0.6 is 0 Å². The highest BCUT2D eigenvalue weighted by molar-refractivity contribution is 5.93. The minimum Gasteiger partial charge on any atom is -0.342 e. The number of piperazine rings is 1. The highest BCUT2D eigenvalue weighted by Gasteiger charge is 2.42. The Balaban J connectivity index is 1.59. The molecule has 172 valence electrons. The van der Waals surface area contributed by atoms with E-state index in [1.807, 2.05) is 43.5 Å². The Morgan fingerprint density at radius 3 is 2.67 bits per heavy atom. The lowest BCUT2D eigenvalue weighted by Gasteiger charge is -2.41. The molecule has 7 nitrogen and oxygen atoms in total. The molecule has 7 heteroatoms. The first-order valence-corrected chi connectivity index (χ1v) is 11.5. The maximum atomic E-state index is 13.5. The third-order valence-electron chi connectivity index (χ3n) is 6.51. The van der Waals surface area contributed by atoms with E-state index in [-0.39, 0.29) is 30.1 Å². The number of nitrogens with zero attached hydrogens (tertiary/aromatic N) is 4. The number of pyridine rings is 1. The summed E-state index contributed by atoms with van der Waals surface area (Å²) in [7, 11) is 0. The molecule has 0 radical (unpaired) electrons. The van der Waals surface area contributed by atoms with Crippen molar-refractivity contribution >= 4 is 17.7 Å². The predicted octanol–water partition coefficient (Wildman–Crippen LogP) is 2.38. The molecule has 0 spiro atoms. The summed E-state index contributed by atoms with van der Waals surface area (Å²) in [6.45, 7) is 8.10. The lowest BCUT2D eigenvalue weighted by atomic mass is 9.96. The van der Waals surface area contributed by atoms with Crippen LogP contribution in [0.4, 0.5) is 0 Å². The van der Waals surface area contributed by atoms with Gasteiger partial charge in [-0.15, -0.1) is 6.58 Å². The fourth-order valence-electron chi connectivity index (χ4n) is 4.75. The average Bonchev–Trinajstić information content (AvgIpc) is 3.23. The summed E-state index contributed by atoms with van der Waals surface area (Å²) >= 11 is 0. The molecule has 0 N–H and O–H groups in total. The van der Waals surface area contributed by atoms with Crippen LogP contribution in [0.3, 0.4) is 0 Å². The number of hydrogen-bond acceptors (Lipinski definition) is 4. The van der Waals surface area contributed by atoms with Gasteiger partial charge in [0.05, 0.1) is 5.92 Å². The van der Waals surface area contributed by atoms with Gasteiger partial charge in [0.2, 0.25) is 17.7 Å². The number of benzene rings is 1. The first-order valence-electron chi connectivity index (χ1n) is 11.5. The van der Waals surface area contributed by atoms with Gasteiger partial charge in [0.1, 0.15) is 6.04 Å². The van der Waals surface area contributed by atoms with Crippen LogP contribution in [0.15, 0.2) is 61.4 Å². The fraction of sp³-hybridized carbons (Fsp3) is 0.385. The third-order valence-corrected chi connectivity index (χ3v) is 6.51. The Labute approximate surface area is 194 Å². The van der Waals surface area contributed by atoms with E-state index in [9.17, 15) is 14.4 Å². The molecule has 0 aliphatic carbocycles. The monoisotopic (exact) mass is 446 g/mol. The molecule has 0 saturated carbocycles. The van der Waals surface area contributed by atoms with E-state index < -0.39 is 6.04 Å². The molecule has 3 heterocycles. The molecular weight excluding hydrogens is 416 g/mol. The van der Waals surface area contributed by atoms with Crippen LogP contribution in [0.25, 0.3) is 11.1 Å². The quantitative estimate of drug-likeness (QED) is 0.612. The SMILES string of the molecule is C=CCN1CCN(C(=O)[C@H]2CC(=O)N(CC)C2)[C@@H](Cc2cccc(-c3cccnc3)c2)C1=O. The maximum absolute atomic E-state index is 13.5. The van der Waals surface area contributed by atoms with E-state index in [2.05, 4.69) is 17.6 Å². The van der Waals surface area contributed by atoms with Gasteiger partial charge in [-0.25, -0.2) is 0 Å². The molecule has 2 aliphatic heterocycles. The molecule has 2 atom stereocenters. The van der Waals surface area contributed by atoms with Gasteiger partial charge in [0, 0.05) is 58.0 Å². The van der Waals surface area contributed by atoms with Gasteiger partial charge in [-0.05, 0) is 29.7 Å². The Hall–Kier alpha value is -3.48. The predicted molar refractivity (Wildman–Crippen MR) is 126 cm³/mol. The van der Waals surface area contributed by atoms with Gasteiger partial charge in [-0.3, -0.25) is 19.4 Å². The van der Waals surface area contributed by atoms with Crippen molar-refractivity contribution in [3.63, 3.8) is 0 Å². The molecular formula is C26H30N4O3. The van der Waals surface area contributed by atoms with Gasteiger partial charge < -0.3 is 14.7 Å². The van der Waals surface area contributed by atoms with Gasteiger partial charge in [-0.1, -0.05) is 36.4 Å². The molecule has 1 aromatic heterocycles. The van der Waals surface area contributed by atoms with Gasteiger partial charge in [-0.2, -0.15) is 0 Å². The molecule has 33 heavy (non-hydrogen) atoms. The Morgan fingerprint density at radius 1 is 1.15 bits per heavy atom. The van der Waals surface area contributed by atoms with Crippen LogP contribution in [-0.2, 0) is 20.8 Å². The summed E-state index contributed by atoms with van der Waals surface area (Å²) in [5.74, 6) is -0.550. The highest BCUT2D eigenvalue weighted by Crippen LogP contribution is 2.26. The number of carbonyl (C=O) groups is 3. The van der Waals surface area contributed by atoms with E-state index >= 15 is 0 Å². The van der Waals surface area contributed by atoms with Crippen LogP contribution in [0.5, 0.6) is 0 Å². The number of amides is 3. The van der Waals surface area contributed by atoms with Crippen molar-refractivity contribution < 1.29 is 14.4 Å². The summed E-state index contributed by atoms with van der Waals surface area (Å²) in [6, 6.07) is 11.3. The van der Waals surface area contributed by atoms with Gasteiger partial charge in [0.15, 0.2) is 0 Å². The number of hydrogen-bond donors (Lipinski definition) is 0. The second-order valence-electron chi connectivity index (χ2n) is 8.60. The minimum atomic E-state index is -0.596.